The van der Waals surface area contributed by atoms with Gasteiger partial charge in [-0.25, -0.2) is 4.79 Å². The number of aryl methyl sites for hydroxylation is 1. The van der Waals surface area contributed by atoms with E-state index in [2.05, 4.69) is 23.7 Å². The van der Waals surface area contributed by atoms with Gasteiger partial charge in [0.25, 0.3) is 0 Å². The predicted molar refractivity (Wildman–Crippen MR) is 78.0 cm³/mol. The van der Waals surface area contributed by atoms with E-state index in [4.69, 9.17) is 0 Å². The summed E-state index contributed by atoms with van der Waals surface area (Å²) in [4.78, 5) is 17.6. The van der Waals surface area contributed by atoms with Crippen molar-refractivity contribution in [1.29, 1.82) is 0 Å². The van der Waals surface area contributed by atoms with Gasteiger partial charge in [-0.15, -0.1) is 0 Å². The van der Waals surface area contributed by atoms with Gasteiger partial charge in [0, 0.05) is 25.0 Å². The van der Waals surface area contributed by atoms with Crippen LogP contribution in [0.25, 0.3) is 0 Å². The number of carboxylic acids is 1. The van der Waals surface area contributed by atoms with Crippen LogP contribution >= 0.6 is 0 Å². The zero-order chi connectivity index (χ0) is 14.3. The van der Waals surface area contributed by atoms with E-state index in [1.54, 1.807) is 0 Å². The first-order valence-corrected chi connectivity index (χ1v) is 7.05. The molecule has 0 spiro atoms. The van der Waals surface area contributed by atoms with Crippen LogP contribution in [-0.2, 0) is 0 Å². The molecule has 0 saturated carbocycles. The summed E-state index contributed by atoms with van der Waals surface area (Å²) in [5.74, 6) is -0.902. The van der Waals surface area contributed by atoms with Crippen LogP contribution in [0.1, 0.15) is 55.6 Å². The van der Waals surface area contributed by atoms with Gasteiger partial charge in [0.2, 0.25) is 0 Å². The lowest BCUT2D eigenvalue weighted by atomic mass is 10.1. The molecule has 1 aromatic heterocycles. The van der Waals surface area contributed by atoms with Crippen molar-refractivity contribution in [2.45, 2.75) is 46.5 Å². The van der Waals surface area contributed by atoms with Gasteiger partial charge in [0.05, 0.1) is 5.69 Å². The number of hydrogen-bond acceptors (Lipinski definition) is 3. The maximum absolute atomic E-state index is 11.3. The van der Waals surface area contributed by atoms with E-state index in [0.717, 1.165) is 50.2 Å². The zero-order valence-electron chi connectivity index (χ0n) is 12.1. The normalized spacial score (nSPS) is 10.5. The van der Waals surface area contributed by atoms with Crippen molar-refractivity contribution in [3.05, 3.63) is 23.5 Å². The monoisotopic (exact) mass is 264 g/mol. The van der Waals surface area contributed by atoms with Crippen molar-refractivity contribution >= 4 is 11.7 Å². The molecule has 0 aromatic carbocycles. The molecule has 1 rings (SSSR count). The van der Waals surface area contributed by atoms with Gasteiger partial charge in [0.15, 0.2) is 0 Å². The molecule has 0 bridgehead atoms. The Morgan fingerprint density at radius 2 is 1.84 bits per heavy atom. The summed E-state index contributed by atoms with van der Waals surface area (Å²) in [6, 6.07) is 1.88. The van der Waals surface area contributed by atoms with E-state index >= 15 is 0 Å². The third kappa shape index (κ3) is 4.54. The fraction of sp³-hybridized carbons (Fsp3) is 0.600. The number of anilines is 1. The number of pyridine rings is 1. The minimum absolute atomic E-state index is 0.304. The first-order chi connectivity index (χ1) is 9.10. The maximum atomic E-state index is 11.3. The number of nitrogens with zero attached hydrogens (tertiary/aromatic N) is 2. The van der Waals surface area contributed by atoms with E-state index in [1.165, 1.54) is 6.20 Å². The van der Waals surface area contributed by atoms with Crippen molar-refractivity contribution in [3.8, 4) is 0 Å². The van der Waals surface area contributed by atoms with Crippen molar-refractivity contribution in [2.75, 3.05) is 18.0 Å². The van der Waals surface area contributed by atoms with E-state index < -0.39 is 5.97 Å². The number of hydrogen-bond donors (Lipinski definition) is 1. The summed E-state index contributed by atoms with van der Waals surface area (Å²) in [6.07, 6.45) is 5.83. The lowest BCUT2D eigenvalue weighted by Gasteiger charge is -2.26. The first-order valence-electron chi connectivity index (χ1n) is 7.05. The quantitative estimate of drug-likeness (QED) is 0.781. The van der Waals surface area contributed by atoms with Crippen LogP contribution in [0.4, 0.5) is 5.69 Å². The van der Waals surface area contributed by atoms with Gasteiger partial charge in [-0.2, -0.15) is 0 Å². The third-order valence-corrected chi connectivity index (χ3v) is 3.15. The largest absolute Gasteiger partial charge is 0.478 e. The number of unbranched alkanes of at least 4 members (excludes halogenated alkanes) is 2. The fourth-order valence-corrected chi connectivity index (χ4v) is 2.02. The van der Waals surface area contributed by atoms with Crippen LogP contribution in [0.5, 0.6) is 0 Å². The Morgan fingerprint density at radius 3 is 2.32 bits per heavy atom. The van der Waals surface area contributed by atoms with Crippen molar-refractivity contribution in [1.82, 2.24) is 4.98 Å². The Morgan fingerprint density at radius 1 is 1.26 bits per heavy atom. The molecule has 0 aliphatic heterocycles. The zero-order valence-corrected chi connectivity index (χ0v) is 12.1. The van der Waals surface area contributed by atoms with E-state index in [9.17, 15) is 9.90 Å². The highest BCUT2D eigenvalue weighted by molar-refractivity contribution is 5.94. The molecule has 4 heteroatoms. The molecular formula is C15H24N2O2. The van der Waals surface area contributed by atoms with Crippen molar-refractivity contribution in [3.63, 3.8) is 0 Å². The van der Waals surface area contributed by atoms with Crippen LogP contribution in [0, 0.1) is 6.92 Å². The highest BCUT2D eigenvalue weighted by atomic mass is 16.4. The maximum Gasteiger partial charge on any atom is 0.339 e. The molecule has 1 N–H and O–H groups in total. The molecule has 0 radical (unpaired) electrons. The minimum atomic E-state index is -0.902. The Balaban J connectivity index is 3.03. The number of carboxylic acid groups (broad SMARTS) is 1. The topological polar surface area (TPSA) is 53.4 Å². The van der Waals surface area contributed by atoms with E-state index in [-0.39, 0.29) is 0 Å². The smallest absolute Gasteiger partial charge is 0.339 e. The van der Waals surface area contributed by atoms with Crippen LogP contribution in [0.2, 0.25) is 0 Å². The number of carbonyl (C=O) groups is 1. The summed E-state index contributed by atoms with van der Waals surface area (Å²) in [7, 11) is 0. The molecule has 0 fully saturated rings. The van der Waals surface area contributed by atoms with Crippen LogP contribution < -0.4 is 4.90 Å². The van der Waals surface area contributed by atoms with E-state index in [0.29, 0.717) is 5.56 Å². The average Bonchev–Trinajstić information content (AvgIpc) is 2.38. The van der Waals surface area contributed by atoms with E-state index in [1.807, 2.05) is 13.0 Å². The molecule has 4 nitrogen and oxygen atoms in total. The third-order valence-electron chi connectivity index (χ3n) is 3.15. The molecular weight excluding hydrogens is 240 g/mol. The van der Waals surface area contributed by atoms with Gasteiger partial charge in [-0.1, -0.05) is 26.7 Å². The van der Waals surface area contributed by atoms with Crippen molar-refractivity contribution < 1.29 is 9.90 Å². The summed E-state index contributed by atoms with van der Waals surface area (Å²) in [5, 5.41) is 9.29. The summed E-state index contributed by atoms with van der Waals surface area (Å²) in [6.45, 7) is 8.00. The molecule has 19 heavy (non-hydrogen) atoms. The van der Waals surface area contributed by atoms with Gasteiger partial charge in [-0.05, 0) is 25.8 Å². The predicted octanol–water partition coefficient (Wildman–Crippen LogP) is 3.49. The SMILES string of the molecule is CCCCN(CCCC)c1cc(C)ncc1C(=O)O. The Bertz CT molecular complexity index is 411. The number of aromatic carboxylic acids is 1. The van der Waals surface area contributed by atoms with Crippen LogP contribution in [0.3, 0.4) is 0 Å². The molecule has 1 heterocycles. The molecule has 0 unspecified atom stereocenters. The summed E-state index contributed by atoms with van der Waals surface area (Å²) in [5.41, 5.74) is 1.97. The van der Waals surface area contributed by atoms with Gasteiger partial charge < -0.3 is 10.0 Å². The summed E-state index contributed by atoms with van der Waals surface area (Å²) < 4.78 is 0. The Hall–Kier alpha value is -1.58. The second-order valence-corrected chi connectivity index (χ2v) is 4.84. The number of rotatable bonds is 8. The van der Waals surface area contributed by atoms with Gasteiger partial charge >= 0.3 is 5.97 Å². The molecule has 1 aromatic rings. The standard InChI is InChI=1S/C15H24N2O2/c1-4-6-8-17(9-7-5-2)14-10-12(3)16-11-13(14)15(18)19/h10-11H,4-9H2,1-3H3,(H,18,19). The van der Waals surface area contributed by atoms with Gasteiger partial charge in [-0.3, -0.25) is 4.98 Å². The lowest BCUT2D eigenvalue weighted by molar-refractivity contribution is 0.0697. The minimum Gasteiger partial charge on any atom is -0.478 e. The van der Waals surface area contributed by atoms with Gasteiger partial charge in [0.1, 0.15) is 5.56 Å². The van der Waals surface area contributed by atoms with Crippen LogP contribution in [-0.4, -0.2) is 29.1 Å². The second-order valence-electron chi connectivity index (χ2n) is 4.84. The highest BCUT2D eigenvalue weighted by Gasteiger charge is 2.16. The lowest BCUT2D eigenvalue weighted by Crippen LogP contribution is -2.27. The van der Waals surface area contributed by atoms with Crippen molar-refractivity contribution in [2.24, 2.45) is 0 Å². The molecule has 0 amide bonds. The molecule has 0 aliphatic rings. The fourth-order valence-electron chi connectivity index (χ4n) is 2.02. The average molecular weight is 264 g/mol. The number of aromatic nitrogens is 1. The highest BCUT2D eigenvalue weighted by Crippen LogP contribution is 2.22. The Labute approximate surface area is 115 Å². The molecule has 0 atom stereocenters. The first kappa shape index (κ1) is 15.5. The molecule has 0 saturated heterocycles. The van der Waals surface area contributed by atoms with Crippen LogP contribution in [0.15, 0.2) is 12.3 Å². The Kier molecular flexibility index (Phi) is 6.33. The molecule has 106 valence electrons. The second kappa shape index (κ2) is 7.77. The summed E-state index contributed by atoms with van der Waals surface area (Å²) >= 11 is 0. The molecule has 0 aliphatic carbocycles.